The normalized spacial score (nSPS) is 11.1. The van der Waals surface area contributed by atoms with E-state index in [-0.39, 0.29) is 11.3 Å². The van der Waals surface area contributed by atoms with E-state index >= 15 is 0 Å². The number of amides is 1. The van der Waals surface area contributed by atoms with Crippen LogP contribution in [0.25, 0.3) is 10.8 Å². The van der Waals surface area contributed by atoms with Crippen molar-refractivity contribution in [1.29, 1.82) is 0 Å². The first-order valence-corrected chi connectivity index (χ1v) is 11.4. The number of hydrogen-bond acceptors (Lipinski definition) is 4. The summed E-state index contributed by atoms with van der Waals surface area (Å²) in [6.45, 7) is 0.311. The Morgan fingerprint density at radius 1 is 1.00 bits per heavy atom. The summed E-state index contributed by atoms with van der Waals surface area (Å²) in [7, 11) is 0. The highest BCUT2D eigenvalue weighted by Gasteiger charge is 2.13. The third kappa shape index (κ3) is 5.66. The van der Waals surface area contributed by atoms with Gasteiger partial charge in [-0.15, -0.1) is 0 Å². The first-order chi connectivity index (χ1) is 15.9. The molecule has 8 heteroatoms. The SMILES string of the molecule is O=C(NN=Cc1cc(Cl)c(OCc2ccc(Br)cc2)c(Cl)c1)c1cc2ccccc2cc1O. The monoisotopic (exact) mass is 542 g/mol. The third-order valence-corrected chi connectivity index (χ3v) is 5.90. The molecule has 0 aliphatic heterocycles. The number of carbonyl (C=O) groups is 1. The van der Waals surface area contributed by atoms with Crippen LogP contribution < -0.4 is 10.2 Å². The Bertz CT molecular complexity index is 1330. The van der Waals surface area contributed by atoms with Crippen molar-refractivity contribution < 1.29 is 14.6 Å². The number of nitrogens with zero attached hydrogens (tertiary/aromatic N) is 1. The molecular formula is C25H17BrCl2N2O3. The number of fused-ring (bicyclic) bond motifs is 1. The molecule has 0 fully saturated rings. The van der Waals surface area contributed by atoms with Crippen LogP contribution in [0.4, 0.5) is 0 Å². The molecule has 0 aliphatic carbocycles. The standard InChI is InChI=1S/C25H17BrCl2N2O3/c26-19-7-5-15(6-8-19)14-33-24-21(27)9-16(10-22(24)28)13-29-30-25(32)20-11-17-3-1-2-4-18(17)12-23(20)31/h1-13,31H,14H2,(H,30,32). The molecule has 0 spiro atoms. The van der Waals surface area contributed by atoms with E-state index in [0.717, 1.165) is 20.8 Å². The van der Waals surface area contributed by atoms with Crippen LogP contribution in [0.3, 0.4) is 0 Å². The van der Waals surface area contributed by atoms with Crippen molar-refractivity contribution in [3.05, 3.63) is 104 Å². The van der Waals surface area contributed by atoms with Gasteiger partial charge in [-0.05, 0) is 58.3 Å². The van der Waals surface area contributed by atoms with Crippen LogP contribution in [-0.4, -0.2) is 17.2 Å². The Balaban J connectivity index is 1.43. The Morgan fingerprint density at radius 2 is 1.64 bits per heavy atom. The Morgan fingerprint density at radius 3 is 2.30 bits per heavy atom. The van der Waals surface area contributed by atoms with E-state index in [1.165, 1.54) is 6.21 Å². The molecular weight excluding hydrogens is 527 g/mol. The molecule has 0 bridgehead atoms. The van der Waals surface area contributed by atoms with E-state index in [2.05, 4.69) is 26.5 Å². The number of hydrazone groups is 1. The molecule has 5 nitrogen and oxygen atoms in total. The van der Waals surface area contributed by atoms with Crippen LogP contribution in [0.15, 0.2) is 82.4 Å². The van der Waals surface area contributed by atoms with Crippen molar-refractivity contribution >= 4 is 62.0 Å². The van der Waals surface area contributed by atoms with Gasteiger partial charge in [0.2, 0.25) is 0 Å². The molecule has 1 amide bonds. The summed E-state index contributed by atoms with van der Waals surface area (Å²) < 4.78 is 6.76. The molecule has 33 heavy (non-hydrogen) atoms. The molecule has 166 valence electrons. The molecule has 0 saturated carbocycles. The zero-order chi connectivity index (χ0) is 23.4. The molecule has 4 rings (SSSR count). The number of halogens is 3. The lowest BCUT2D eigenvalue weighted by Gasteiger charge is -2.11. The van der Waals surface area contributed by atoms with Gasteiger partial charge in [0.1, 0.15) is 12.4 Å². The number of aromatic hydroxyl groups is 1. The zero-order valence-corrected chi connectivity index (χ0v) is 20.2. The van der Waals surface area contributed by atoms with E-state index in [1.807, 2.05) is 48.5 Å². The molecule has 0 aliphatic rings. The molecule has 4 aromatic carbocycles. The average Bonchev–Trinajstić information content (AvgIpc) is 2.79. The minimum absolute atomic E-state index is 0.124. The fourth-order valence-corrected chi connectivity index (χ4v) is 4.04. The van der Waals surface area contributed by atoms with Crippen LogP contribution in [0.5, 0.6) is 11.5 Å². The summed E-state index contributed by atoms with van der Waals surface area (Å²) in [5, 5.41) is 16.4. The van der Waals surface area contributed by atoms with E-state index in [1.54, 1.807) is 24.3 Å². The van der Waals surface area contributed by atoms with Crippen LogP contribution in [-0.2, 0) is 6.61 Å². The molecule has 2 N–H and O–H groups in total. The minimum Gasteiger partial charge on any atom is -0.507 e. The van der Waals surface area contributed by atoms with E-state index < -0.39 is 5.91 Å². The molecule has 0 radical (unpaired) electrons. The van der Waals surface area contributed by atoms with Gasteiger partial charge in [0, 0.05) is 4.47 Å². The number of carbonyl (C=O) groups excluding carboxylic acids is 1. The lowest BCUT2D eigenvalue weighted by molar-refractivity contribution is 0.0952. The Hall–Kier alpha value is -3.06. The van der Waals surface area contributed by atoms with Gasteiger partial charge >= 0.3 is 0 Å². The topological polar surface area (TPSA) is 70.9 Å². The lowest BCUT2D eigenvalue weighted by atomic mass is 10.1. The fraction of sp³-hybridized carbons (Fsp3) is 0.0400. The first-order valence-electron chi connectivity index (χ1n) is 9.82. The number of hydrogen-bond donors (Lipinski definition) is 2. The maximum absolute atomic E-state index is 12.5. The van der Waals surface area contributed by atoms with Gasteiger partial charge < -0.3 is 9.84 Å². The number of ether oxygens (including phenoxy) is 1. The van der Waals surface area contributed by atoms with Gasteiger partial charge in [-0.1, -0.05) is 75.5 Å². The summed E-state index contributed by atoms with van der Waals surface area (Å²) in [6, 6.07) is 21.6. The van der Waals surface area contributed by atoms with Crippen LogP contribution >= 0.6 is 39.1 Å². The quantitative estimate of drug-likeness (QED) is 0.204. The molecule has 4 aromatic rings. The van der Waals surface area contributed by atoms with E-state index in [9.17, 15) is 9.90 Å². The second-order valence-electron chi connectivity index (χ2n) is 7.14. The minimum atomic E-state index is -0.541. The molecule has 0 unspecified atom stereocenters. The number of phenols is 1. The fourth-order valence-electron chi connectivity index (χ4n) is 3.16. The summed E-state index contributed by atoms with van der Waals surface area (Å²) in [5.74, 6) is -0.301. The van der Waals surface area contributed by atoms with Crippen LogP contribution in [0.1, 0.15) is 21.5 Å². The summed E-state index contributed by atoms with van der Waals surface area (Å²) >= 11 is 16.1. The van der Waals surface area contributed by atoms with Crippen molar-refractivity contribution in [3.63, 3.8) is 0 Å². The Kier molecular flexibility index (Phi) is 7.18. The predicted molar refractivity (Wildman–Crippen MR) is 136 cm³/mol. The second-order valence-corrected chi connectivity index (χ2v) is 8.87. The molecule has 0 atom stereocenters. The lowest BCUT2D eigenvalue weighted by Crippen LogP contribution is -2.17. The first kappa shape index (κ1) is 23.1. The second kappa shape index (κ2) is 10.3. The number of nitrogens with one attached hydrogen (secondary N) is 1. The van der Waals surface area contributed by atoms with Crippen molar-refractivity contribution in [1.82, 2.24) is 5.43 Å². The van der Waals surface area contributed by atoms with Gasteiger partial charge in [0.15, 0.2) is 5.75 Å². The summed E-state index contributed by atoms with van der Waals surface area (Å²) in [5.41, 5.74) is 4.07. The van der Waals surface area contributed by atoms with Gasteiger partial charge in [0.25, 0.3) is 5.91 Å². The van der Waals surface area contributed by atoms with E-state index in [4.69, 9.17) is 27.9 Å². The van der Waals surface area contributed by atoms with Crippen molar-refractivity contribution in [3.8, 4) is 11.5 Å². The highest BCUT2D eigenvalue weighted by Crippen LogP contribution is 2.34. The molecule has 0 saturated heterocycles. The zero-order valence-electron chi connectivity index (χ0n) is 17.1. The number of benzene rings is 4. The number of phenolic OH excluding ortho intramolecular Hbond substituents is 1. The highest BCUT2D eigenvalue weighted by molar-refractivity contribution is 9.10. The van der Waals surface area contributed by atoms with Gasteiger partial charge in [-0.25, -0.2) is 5.43 Å². The van der Waals surface area contributed by atoms with Crippen molar-refractivity contribution in [2.75, 3.05) is 0 Å². The van der Waals surface area contributed by atoms with E-state index in [0.29, 0.717) is 28.0 Å². The van der Waals surface area contributed by atoms with Crippen molar-refractivity contribution in [2.24, 2.45) is 5.10 Å². The summed E-state index contributed by atoms with van der Waals surface area (Å²) in [4.78, 5) is 12.5. The van der Waals surface area contributed by atoms with Gasteiger partial charge in [-0.3, -0.25) is 4.79 Å². The maximum atomic E-state index is 12.5. The van der Waals surface area contributed by atoms with Gasteiger partial charge in [-0.2, -0.15) is 5.10 Å². The number of rotatable bonds is 6. The van der Waals surface area contributed by atoms with Gasteiger partial charge in [0.05, 0.1) is 21.8 Å². The maximum Gasteiger partial charge on any atom is 0.275 e. The highest BCUT2D eigenvalue weighted by atomic mass is 79.9. The average molecular weight is 544 g/mol. The summed E-state index contributed by atoms with van der Waals surface area (Å²) in [6.07, 6.45) is 1.41. The predicted octanol–water partition coefficient (Wildman–Crippen LogP) is 6.96. The Labute approximate surface area is 208 Å². The smallest absolute Gasteiger partial charge is 0.275 e. The molecule has 0 heterocycles. The molecule has 0 aromatic heterocycles. The van der Waals surface area contributed by atoms with Crippen LogP contribution in [0, 0.1) is 0 Å². The third-order valence-electron chi connectivity index (χ3n) is 4.81. The van der Waals surface area contributed by atoms with Crippen molar-refractivity contribution in [2.45, 2.75) is 6.61 Å². The van der Waals surface area contributed by atoms with Crippen LogP contribution in [0.2, 0.25) is 10.0 Å². The largest absolute Gasteiger partial charge is 0.507 e.